The summed E-state index contributed by atoms with van der Waals surface area (Å²) >= 11 is 0. The van der Waals surface area contributed by atoms with Gasteiger partial charge in [-0.3, -0.25) is 10.1 Å². The number of rotatable bonds is 5. The minimum absolute atomic E-state index is 0.184. The molecule has 1 N–H and O–H groups in total. The Bertz CT molecular complexity index is 311. The number of ether oxygens (including phenoxy) is 1. The Hall–Kier alpha value is -1.05. The lowest BCUT2D eigenvalue weighted by molar-refractivity contribution is -0.149. The fourth-order valence-corrected chi connectivity index (χ4v) is 2.60. The second-order valence-corrected chi connectivity index (χ2v) is 4.83. The molecule has 4 nitrogen and oxygen atoms in total. The maximum atomic E-state index is 12.0. The molecule has 0 saturated carbocycles. The molecule has 0 radical (unpaired) electrons. The zero-order chi connectivity index (χ0) is 13.4. The van der Waals surface area contributed by atoms with Crippen LogP contribution >= 0.6 is 0 Å². The van der Waals surface area contributed by atoms with Crippen molar-refractivity contribution in [3.05, 3.63) is 0 Å². The van der Waals surface area contributed by atoms with E-state index >= 15 is 0 Å². The molecule has 0 aromatic rings. The highest BCUT2D eigenvalue weighted by molar-refractivity contribution is 5.80. The van der Waals surface area contributed by atoms with E-state index in [1.165, 1.54) is 7.11 Å². The van der Waals surface area contributed by atoms with Gasteiger partial charge in [0.2, 0.25) is 0 Å². The maximum Gasteiger partial charge on any atom is 0.326 e. The first-order chi connectivity index (χ1) is 8.68. The van der Waals surface area contributed by atoms with Crippen molar-refractivity contribution < 1.29 is 9.53 Å². The van der Waals surface area contributed by atoms with E-state index < -0.39 is 5.54 Å². The van der Waals surface area contributed by atoms with E-state index in [2.05, 4.69) is 23.1 Å². The molecule has 1 rings (SSSR count). The van der Waals surface area contributed by atoms with Gasteiger partial charge in [-0.05, 0) is 38.8 Å². The van der Waals surface area contributed by atoms with E-state index in [-0.39, 0.29) is 5.97 Å². The number of carbonyl (C=O) groups is 1. The van der Waals surface area contributed by atoms with Gasteiger partial charge in [0.05, 0.1) is 13.7 Å². The molecule has 1 unspecified atom stereocenters. The van der Waals surface area contributed by atoms with E-state index in [1.807, 2.05) is 0 Å². The summed E-state index contributed by atoms with van der Waals surface area (Å²) in [6.07, 6.45) is 8.98. The van der Waals surface area contributed by atoms with Crippen molar-refractivity contribution in [2.45, 2.75) is 38.1 Å². The average molecular weight is 252 g/mol. The molecule has 4 heteroatoms. The molecule has 0 aromatic heterocycles. The second kappa shape index (κ2) is 7.40. The monoisotopic (exact) mass is 252 g/mol. The zero-order valence-corrected chi connectivity index (χ0v) is 11.5. The molecule has 0 spiro atoms. The molecule has 1 atom stereocenters. The summed E-state index contributed by atoms with van der Waals surface area (Å²) < 4.78 is 4.95. The Morgan fingerprint density at radius 3 is 2.89 bits per heavy atom. The van der Waals surface area contributed by atoms with E-state index in [4.69, 9.17) is 11.2 Å². The summed E-state index contributed by atoms with van der Waals surface area (Å²) in [4.78, 5) is 14.4. The molecule has 1 fully saturated rings. The predicted octanol–water partition coefficient (Wildman–Crippen LogP) is 1.02. The summed E-state index contributed by atoms with van der Waals surface area (Å²) in [5, 5.41) is 3.20. The van der Waals surface area contributed by atoms with Gasteiger partial charge in [0.15, 0.2) is 0 Å². The smallest absolute Gasteiger partial charge is 0.326 e. The average Bonchev–Trinajstić information content (AvgIpc) is 2.60. The Balaban J connectivity index is 2.72. The highest BCUT2D eigenvalue weighted by Gasteiger charge is 2.40. The molecule has 1 saturated heterocycles. The van der Waals surface area contributed by atoms with Crippen LogP contribution in [0.25, 0.3) is 0 Å². The Kier molecular flexibility index (Phi) is 6.17. The van der Waals surface area contributed by atoms with E-state index in [1.54, 1.807) is 0 Å². The molecular weight excluding hydrogens is 228 g/mol. The maximum absolute atomic E-state index is 12.0. The third-order valence-corrected chi connectivity index (χ3v) is 3.58. The number of terminal acetylenes is 1. The van der Waals surface area contributed by atoms with Crippen LogP contribution in [0.4, 0.5) is 0 Å². The lowest BCUT2D eigenvalue weighted by Crippen LogP contribution is -2.53. The van der Waals surface area contributed by atoms with Crippen LogP contribution in [0, 0.1) is 12.3 Å². The van der Waals surface area contributed by atoms with Gasteiger partial charge in [-0.25, -0.2) is 0 Å². The minimum atomic E-state index is -0.594. The molecule has 102 valence electrons. The minimum Gasteiger partial charge on any atom is -0.468 e. The number of carbonyl (C=O) groups excluding carboxylic acids is 1. The fourth-order valence-electron chi connectivity index (χ4n) is 2.60. The molecule has 1 heterocycles. The molecule has 1 aliphatic rings. The standard InChI is InChI=1S/C14H24N2O2/c1-4-9-15-14(13(17)18-3)7-6-11-16(10-5-2)12-8-14/h1,15H,5-12H2,2-3H3. The molecular formula is C14H24N2O2. The molecule has 18 heavy (non-hydrogen) atoms. The summed E-state index contributed by atoms with van der Waals surface area (Å²) in [5.41, 5.74) is -0.594. The predicted molar refractivity (Wildman–Crippen MR) is 72.2 cm³/mol. The number of likely N-dealkylation sites (tertiary alicyclic amines) is 1. The van der Waals surface area contributed by atoms with Gasteiger partial charge in [0.25, 0.3) is 0 Å². The zero-order valence-electron chi connectivity index (χ0n) is 11.5. The molecule has 0 bridgehead atoms. The Labute approximate surface area is 110 Å². The number of nitrogens with one attached hydrogen (secondary N) is 1. The van der Waals surface area contributed by atoms with Crippen molar-refractivity contribution in [1.82, 2.24) is 10.2 Å². The largest absolute Gasteiger partial charge is 0.468 e. The van der Waals surface area contributed by atoms with Gasteiger partial charge < -0.3 is 9.64 Å². The van der Waals surface area contributed by atoms with Crippen molar-refractivity contribution in [3.8, 4) is 12.3 Å². The van der Waals surface area contributed by atoms with Crippen LogP contribution in [0.1, 0.15) is 32.6 Å². The Morgan fingerprint density at radius 1 is 1.50 bits per heavy atom. The van der Waals surface area contributed by atoms with Gasteiger partial charge in [-0.1, -0.05) is 12.8 Å². The van der Waals surface area contributed by atoms with Crippen LogP contribution in [-0.2, 0) is 9.53 Å². The number of esters is 1. The first kappa shape index (κ1) is 15.0. The molecule has 0 aliphatic carbocycles. The molecule has 0 aromatic carbocycles. The van der Waals surface area contributed by atoms with Gasteiger partial charge in [-0.2, -0.15) is 0 Å². The molecule has 1 aliphatic heterocycles. The van der Waals surface area contributed by atoms with Crippen LogP contribution in [0.2, 0.25) is 0 Å². The highest BCUT2D eigenvalue weighted by Crippen LogP contribution is 2.24. The van der Waals surface area contributed by atoms with Crippen molar-refractivity contribution in [3.63, 3.8) is 0 Å². The topological polar surface area (TPSA) is 41.6 Å². The third kappa shape index (κ3) is 3.72. The lowest BCUT2D eigenvalue weighted by Gasteiger charge is -2.30. The second-order valence-electron chi connectivity index (χ2n) is 4.83. The van der Waals surface area contributed by atoms with Crippen LogP contribution in [0.15, 0.2) is 0 Å². The Morgan fingerprint density at radius 2 is 2.28 bits per heavy atom. The first-order valence-corrected chi connectivity index (χ1v) is 6.68. The van der Waals surface area contributed by atoms with Gasteiger partial charge >= 0.3 is 5.97 Å². The number of hydrogen-bond donors (Lipinski definition) is 1. The highest BCUT2D eigenvalue weighted by atomic mass is 16.5. The van der Waals surface area contributed by atoms with Crippen LogP contribution in [0.5, 0.6) is 0 Å². The van der Waals surface area contributed by atoms with Gasteiger partial charge in [-0.15, -0.1) is 6.42 Å². The van der Waals surface area contributed by atoms with Crippen LogP contribution in [0.3, 0.4) is 0 Å². The summed E-state index contributed by atoms with van der Waals surface area (Å²) in [5.74, 6) is 2.36. The van der Waals surface area contributed by atoms with E-state index in [0.717, 1.165) is 45.3 Å². The van der Waals surface area contributed by atoms with Crippen LogP contribution in [-0.4, -0.2) is 49.7 Å². The van der Waals surface area contributed by atoms with Crippen molar-refractivity contribution in [2.75, 3.05) is 33.3 Å². The normalized spacial score (nSPS) is 25.2. The van der Waals surface area contributed by atoms with Crippen molar-refractivity contribution >= 4 is 5.97 Å². The van der Waals surface area contributed by atoms with E-state index in [9.17, 15) is 4.79 Å². The summed E-state index contributed by atoms with van der Waals surface area (Å²) in [7, 11) is 1.44. The molecule has 0 amide bonds. The van der Waals surface area contributed by atoms with Crippen molar-refractivity contribution in [2.24, 2.45) is 0 Å². The number of hydrogen-bond acceptors (Lipinski definition) is 4. The fraction of sp³-hybridized carbons (Fsp3) is 0.786. The first-order valence-electron chi connectivity index (χ1n) is 6.68. The lowest BCUT2D eigenvalue weighted by atomic mass is 9.90. The number of nitrogens with zero attached hydrogens (tertiary/aromatic N) is 1. The third-order valence-electron chi connectivity index (χ3n) is 3.58. The van der Waals surface area contributed by atoms with E-state index in [0.29, 0.717) is 6.54 Å². The van der Waals surface area contributed by atoms with Crippen molar-refractivity contribution in [1.29, 1.82) is 0 Å². The number of methoxy groups -OCH3 is 1. The summed E-state index contributed by atoms with van der Waals surface area (Å²) in [6, 6.07) is 0. The van der Waals surface area contributed by atoms with Gasteiger partial charge in [0.1, 0.15) is 5.54 Å². The quantitative estimate of drug-likeness (QED) is 0.586. The summed E-state index contributed by atoms with van der Waals surface area (Å²) in [6.45, 7) is 5.63. The SMILES string of the molecule is C#CCNC1(C(=O)OC)CCCN(CCC)CC1. The van der Waals surface area contributed by atoms with Crippen LogP contribution < -0.4 is 5.32 Å². The van der Waals surface area contributed by atoms with Gasteiger partial charge in [0, 0.05) is 6.54 Å².